The normalized spacial score (nSPS) is 11.4. The Bertz CT molecular complexity index is 258. The maximum atomic E-state index is 11.9. The van der Waals surface area contributed by atoms with E-state index in [0.29, 0.717) is 5.82 Å². The first-order valence-electron chi connectivity index (χ1n) is 3.68. The second-order valence-corrected chi connectivity index (χ2v) is 2.66. The van der Waals surface area contributed by atoms with E-state index >= 15 is 0 Å². The zero-order chi connectivity index (χ0) is 9.90. The molecule has 0 fully saturated rings. The van der Waals surface area contributed by atoms with Gasteiger partial charge in [-0.15, -0.1) is 0 Å². The Balaban J connectivity index is 2.64. The van der Waals surface area contributed by atoms with Gasteiger partial charge in [0.15, 0.2) is 0 Å². The number of hydrogen-bond donors (Lipinski definition) is 0. The van der Waals surface area contributed by atoms with Gasteiger partial charge in [0.2, 0.25) is 0 Å². The van der Waals surface area contributed by atoms with Crippen LogP contribution in [0.4, 0.5) is 19.0 Å². The largest absolute Gasteiger partial charge is 0.405 e. The van der Waals surface area contributed by atoms with Crippen LogP contribution >= 0.6 is 0 Å². The summed E-state index contributed by atoms with van der Waals surface area (Å²) < 4.78 is 35.8. The molecule has 0 saturated carbocycles. The molecule has 1 heterocycles. The van der Waals surface area contributed by atoms with Gasteiger partial charge in [0.1, 0.15) is 12.4 Å². The van der Waals surface area contributed by atoms with Gasteiger partial charge in [0, 0.05) is 13.2 Å². The monoisotopic (exact) mass is 190 g/mol. The molecule has 1 rings (SSSR count). The van der Waals surface area contributed by atoms with Crippen molar-refractivity contribution in [2.75, 3.05) is 18.5 Å². The molecule has 1 aromatic rings. The summed E-state index contributed by atoms with van der Waals surface area (Å²) in [6, 6.07) is 4.84. The van der Waals surface area contributed by atoms with Crippen LogP contribution in [-0.2, 0) is 0 Å². The topological polar surface area (TPSA) is 16.1 Å². The molecule has 13 heavy (non-hydrogen) atoms. The number of nitrogens with zero attached hydrogens (tertiary/aromatic N) is 2. The quantitative estimate of drug-likeness (QED) is 0.709. The molecule has 0 aromatic carbocycles. The minimum atomic E-state index is -4.19. The van der Waals surface area contributed by atoms with Crippen LogP contribution in [-0.4, -0.2) is 24.8 Å². The molecule has 5 heteroatoms. The van der Waals surface area contributed by atoms with Crippen LogP contribution in [0.3, 0.4) is 0 Å². The lowest BCUT2D eigenvalue weighted by atomic mass is 10.4. The number of alkyl halides is 3. The highest BCUT2D eigenvalue weighted by atomic mass is 19.4. The summed E-state index contributed by atoms with van der Waals surface area (Å²) in [4.78, 5) is 4.84. The van der Waals surface area contributed by atoms with E-state index < -0.39 is 12.7 Å². The highest BCUT2D eigenvalue weighted by molar-refractivity contribution is 5.36. The molecule has 0 unspecified atom stereocenters. The Morgan fingerprint density at radius 2 is 2.08 bits per heavy atom. The number of rotatable bonds is 2. The van der Waals surface area contributed by atoms with Gasteiger partial charge in [-0.2, -0.15) is 13.2 Å². The summed E-state index contributed by atoms with van der Waals surface area (Å²) in [6.07, 6.45) is -2.73. The van der Waals surface area contributed by atoms with Crippen LogP contribution < -0.4 is 4.90 Å². The molecule has 0 aliphatic heterocycles. The molecule has 0 N–H and O–H groups in total. The van der Waals surface area contributed by atoms with E-state index in [2.05, 4.69) is 4.98 Å². The van der Waals surface area contributed by atoms with Crippen molar-refractivity contribution in [3.05, 3.63) is 24.4 Å². The summed E-state index contributed by atoms with van der Waals surface area (Å²) in [5, 5.41) is 0. The molecule has 0 aliphatic carbocycles. The molecule has 0 atom stereocenters. The third kappa shape index (κ3) is 3.31. The lowest BCUT2D eigenvalue weighted by Crippen LogP contribution is -2.31. The SMILES string of the molecule is CN(CC(F)(F)F)c1ccccn1. The van der Waals surface area contributed by atoms with E-state index in [-0.39, 0.29) is 0 Å². The number of aromatic nitrogens is 1. The van der Waals surface area contributed by atoms with Gasteiger partial charge in [-0.25, -0.2) is 4.98 Å². The van der Waals surface area contributed by atoms with Crippen molar-refractivity contribution in [3.8, 4) is 0 Å². The fraction of sp³-hybridized carbons (Fsp3) is 0.375. The van der Waals surface area contributed by atoms with E-state index in [1.54, 1.807) is 12.1 Å². The third-order valence-electron chi connectivity index (χ3n) is 1.46. The van der Waals surface area contributed by atoms with E-state index in [1.165, 1.54) is 19.3 Å². The van der Waals surface area contributed by atoms with Crippen molar-refractivity contribution in [2.24, 2.45) is 0 Å². The highest BCUT2D eigenvalue weighted by Crippen LogP contribution is 2.18. The lowest BCUT2D eigenvalue weighted by Gasteiger charge is -2.19. The fourth-order valence-corrected chi connectivity index (χ4v) is 0.929. The number of hydrogen-bond acceptors (Lipinski definition) is 2. The number of halogens is 3. The molecule has 0 saturated heterocycles. The van der Waals surface area contributed by atoms with Gasteiger partial charge < -0.3 is 4.90 Å². The van der Waals surface area contributed by atoms with E-state index in [1.807, 2.05) is 0 Å². The highest BCUT2D eigenvalue weighted by Gasteiger charge is 2.29. The Labute approximate surface area is 74.0 Å². The van der Waals surface area contributed by atoms with Crippen molar-refractivity contribution in [2.45, 2.75) is 6.18 Å². The molecule has 1 aromatic heterocycles. The van der Waals surface area contributed by atoms with Crippen LogP contribution in [0.2, 0.25) is 0 Å². The Kier molecular flexibility index (Phi) is 2.75. The van der Waals surface area contributed by atoms with Gasteiger partial charge >= 0.3 is 6.18 Å². The van der Waals surface area contributed by atoms with Crippen LogP contribution in [0.25, 0.3) is 0 Å². The molecule has 72 valence electrons. The summed E-state index contributed by atoms with van der Waals surface area (Å²) in [6.45, 7) is -0.982. The molecule has 0 radical (unpaired) electrons. The molecule has 0 amide bonds. The maximum absolute atomic E-state index is 11.9. The van der Waals surface area contributed by atoms with Crippen molar-refractivity contribution < 1.29 is 13.2 Å². The predicted octanol–water partition coefficient (Wildman–Crippen LogP) is 2.08. The molecule has 0 spiro atoms. The second kappa shape index (κ2) is 3.64. The van der Waals surface area contributed by atoms with Gasteiger partial charge in [0.25, 0.3) is 0 Å². The standard InChI is InChI=1S/C8H9F3N2/c1-13(6-8(9,10)11)7-4-2-3-5-12-7/h2-5H,6H2,1H3. The zero-order valence-corrected chi connectivity index (χ0v) is 7.04. The first-order valence-corrected chi connectivity index (χ1v) is 3.68. The average molecular weight is 190 g/mol. The number of pyridine rings is 1. The van der Waals surface area contributed by atoms with Crippen molar-refractivity contribution in [3.63, 3.8) is 0 Å². The van der Waals surface area contributed by atoms with Gasteiger partial charge in [-0.05, 0) is 12.1 Å². The Hall–Kier alpha value is -1.26. The molecule has 2 nitrogen and oxygen atoms in total. The third-order valence-corrected chi connectivity index (χ3v) is 1.46. The fourth-order valence-electron chi connectivity index (χ4n) is 0.929. The smallest absolute Gasteiger partial charge is 0.351 e. The zero-order valence-electron chi connectivity index (χ0n) is 7.04. The van der Waals surface area contributed by atoms with E-state index in [9.17, 15) is 13.2 Å². The summed E-state index contributed by atoms with van der Waals surface area (Å²) >= 11 is 0. The van der Waals surface area contributed by atoms with E-state index in [4.69, 9.17) is 0 Å². The maximum Gasteiger partial charge on any atom is 0.405 e. The van der Waals surface area contributed by atoms with Gasteiger partial charge in [0.05, 0.1) is 0 Å². The first kappa shape index (κ1) is 9.83. The van der Waals surface area contributed by atoms with Crippen LogP contribution in [0.15, 0.2) is 24.4 Å². The molecule has 0 bridgehead atoms. The average Bonchev–Trinajstić information content (AvgIpc) is 2.03. The lowest BCUT2D eigenvalue weighted by molar-refractivity contribution is -0.119. The molecular formula is C8H9F3N2. The minimum Gasteiger partial charge on any atom is -0.351 e. The van der Waals surface area contributed by atoms with Gasteiger partial charge in [-0.3, -0.25) is 0 Å². The molecular weight excluding hydrogens is 181 g/mol. The Morgan fingerprint density at radius 3 is 2.54 bits per heavy atom. The first-order chi connectivity index (χ1) is 5.99. The van der Waals surface area contributed by atoms with Crippen LogP contribution in [0, 0.1) is 0 Å². The van der Waals surface area contributed by atoms with Gasteiger partial charge in [-0.1, -0.05) is 6.07 Å². The number of anilines is 1. The second-order valence-electron chi connectivity index (χ2n) is 2.66. The summed E-state index contributed by atoms with van der Waals surface area (Å²) in [5.41, 5.74) is 0. The van der Waals surface area contributed by atoms with Crippen molar-refractivity contribution >= 4 is 5.82 Å². The minimum absolute atomic E-state index is 0.319. The Morgan fingerprint density at radius 1 is 1.38 bits per heavy atom. The predicted molar refractivity (Wildman–Crippen MR) is 43.6 cm³/mol. The summed E-state index contributed by atoms with van der Waals surface area (Å²) in [5.74, 6) is 0.319. The van der Waals surface area contributed by atoms with Crippen molar-refractivity contribution in [1.82, 2.24) is 4.98 Å². The van der Waals surface area contributed by atoms with Crippen LogP contribution in [0.5, 0.6) is 0 Å². The molecule has 0 aliphatic rings. The van der Waals surface area contributed by atoms with Crippen molar-refractivity contribution in [1.29, 1.82) is 0 Å². The van der Waals surface area contributed by atoms with E-state index in [0.717, 1.165) is 4.90 Å². The van der Waals surface area contributed by atoms with Crippen LogP contribution in [0.1, 0.15) is 0 Å². The summed E-state index contributed by atoms with van der Waals surface area (Å²) in [7, 11) is 1.36.